The summed E-state index contributed by atoms with van der Waals surface area (Å²) in [6.45, 7) is 6.68. The van der Waals surface area contributed by atoms with Gasteiger partial charge in [-0.2, -0.15) is 0 Å². The van der Waals surface area contributed by atoms with Gasteiger partial charge in [0.15, 0.2) is 0 Å². The Morgan fingerprint density at radius 1 is 1.19 bits per heavy atom. The summed E-state index contributed by atoms with van der Waals surface area (Å²) in [5.41, 5.74) is 3.47. The maximum atomic E-state index is 13.1. The molecular formula is C23H29FN2O. The maximum absolute atomic E-state index is 13.1. The molecule has 0 radical (unpaired) electrons. The molecule has 1 aliphatic heterocycles. The molecule has 1 amide bonds. The summed E-state index contributed by atoms with van der Waals surface area (Å²) in [7, 11) is 0. The van der Waals surface area contributed by atoms with Crippen LogP contribution in [-0.2, 0) is 11.3 Å². The second kappa shape index (κ2) is 9.14. The third-order valence-electron chi connectivity index (χ3n) is 5.40. The first-order valence-electron chi connectivity index (χ1n) is 9.89. The van der Waals surface area contributed by atoms with E-state index in [9.17, 15) is 9.18 Å². The normalized spacial score (nSPS) is 18.9. The molecule has 3 nitrogen and oxygen atoms in total. The van der Waals surface area contributed by atoms with Crippen molar-refractivity contribution in [2.45, 2.75) is 45.7 Å². The zero-order chi connectivity index (χ0) is 19.2. The fourth-order valence-electron chi connectivity index (χ4n) is 3.77. The topological polar surface area (TPSA) is 32.3 Å². The molecule has 0 saturated carbocycles. The number of carbonyl (C=O) groups is 1. The third-order valence-corrected chi connectivity index (χ3v) is 5.40. The second-order valence-corrected chi connectivity index (χ2v) is 7.58. The van der Waals surface area contributed by atoms with Gasteiger partial charge in [-0.1, -0.05) is 48.9 Å². The molecule has 2 aromatic carbocycles. The number of likely N-dealkylation sites (tertiary alicyclic amines) is 1. The number of nitrogens with one attached hydrogen (secondary N) is 1. The number of piperidine rings is 1. The number of amides is 1. The highest BCUT2D eigenvalue weighted by Crippen LogP contribution is 2.22. The molecule has 0 bridgehead atoms. The Hall–Kier alpha value is -2.20. The van der Waals surface area contributed by atoms with E-state index < -0.39 is 0 Å². The zero-order valence-electron chi connectivity index (χ0n) is 16.2. The number of aryl methyl sites for hydroxylation is 1. The quantitative estimate of drug-likeness (QED) is 0.807. The summed E-state index contributed by atoms with van der Waals surface area (Å²) < 4.78 is 13.1. The Labute approximate surface area is 161 Å². The van der Waals surface area contributed by atoms with Crippen LogP contribution in [0.4, 0.5) is 4.39 Å². The number of carbonyl (C=O) groups excluding carboxylic acids is 1. The van der Waals surface area contributed by atoms with Gasteiger partial charge in [0, 0.05) is 13.1 Å². The first kappa shape index (κ1) is 19.6. The van der Waals surface area contributed by atoms with E-state index in [0.717, 1.165) is 50.0 Å². The SMILES string of the molecule is CC[C@@H](NC(=O)[C@@H]1CCCN(Cc2ccc(F)cc2)C1)c1ccc(C)cc1. The van der Waals surface area contributed by atoms with E-state index in [2.05, 4.69) is 48.3 Å². The summed E-state index contributed by atoms with van der Waals surface area (Å²) in [6.07, 6.45) is 2.82. The molecule has 3 rings (SSSR count). The maximum Gasteiger partial charge on any atom is 0.224 e. The molecule has 0 spiro atoms. The van der Waals surface area contributed by atoms with E-state index in [-0.39, 0.29) is 23.7 Å². The average molecular weight is 368 g/mol. The number of nitrogens with zero attached hydrogens (tertiary/aromatic N) is 1. The van der Waals surface area contributed by atoms with E-state index in [1.165, 1.54) is 17.7 Å². The first-order chi connectivity index (χ1) is 13.0. The summed E-state index contributed by atoms with van der Waals surface area (Å²) in [6, 6.07) is 15.1. The first-order valence-corrected chi connectivity index (χ1v) is 9.89. The van der Waals surface area contributed by atoms with Crippen LogP contribution >= 0.6 is 0 Å². The lowest BCUT2D eigenvalue weighted by atomic mass is 9.95. The molecule has 1 saturated heterocycles. The van der Waals surface area contributed by atoms with Crippen molar-refractivity contribution in [2.24, 2.45) is 5.92 Å². The minimum Gasteiger partial charge on any atom is -0.349 e. The minimum atomic E-state index is -0.212. The van der Waals surface area contributed by atoms with Gasteiger partial charge in [-0.25, -0.2) is 4.39 Å². The molecule has 2 atom stereocenters. The fourth-order valence-corrected chi connectivity index (χ4v) is 3.77. The minimum absolute atomic E-state index is 0.0127. The van der Waals surface area contributed by atoms with Gasteiger partial charge in [-0.05, 0) is 56.0 Å². The Morgan fingerprint density at radius 3 is 2.56 bits per heavy atom. The molecule has 1 aliphatic rings. The Morgan fingerprint density at radius 2 is 1.89 bits per heavy atom. The second-order valence-electron chi connectivity index (χ2n) is 7.58. The van der Waals surface area contributed by atoms with E-state index in [1.54, 1.807) is 0 Å². The van der Waals surface area contributed by atoms with E-state index in [0.29, 0.717) is 0 Å². The van der Waals surface area contributed by atoms with Crippen LogP contribution in [0.2, 0.25) is 0 Å². The van der Waals surface area contributed by atoms with Crippen molar-refractivity contribution in [1.29, 1.82) is 0 Å². The fraction of sp³-hybridized carbons (Fsp3) is 0.435. The molecule has 1 heterocycles. The van der Waals surface area contributed by atoms with Crippen LogP contribution in [0.3, 0.4) is 0 Å². The van der Waals surface area contributed by atoms with Gasteiger partial charge < -0.3 is 5.32 Å². The highest BCUT2D eigenvalue weighted by atomic mass is 19.1. The van der Waals surface area contributed by atoms with Gasteiger partial charge in [-0.3, -0.25) is 9.69 Å². The molecule has 2 aromatic rings. The molecule has 4 heteroatoms. The van der Waals surface area contributed by atoms with Crippen LogP contribution < -0.4 is 5.32 Å². The molecule has 27 heavy (non-hydrogen) atoms. The monoisotopic (exact) mass is 368 g/mol. The number of hydrogen-bond donors (Lipinski definition) is 1. The summed E-state index contributed by atoms with van der Waals surface area (Å²) in [5, 5.41) is 3.25. The lowest BCUT2D eigenvalue weighted by molar-refractivity contribution is -0.127. The molecule has 1 fully saturated rings. The van der Waals surface area contributed by atoms with Crippen molar-refractivity contribution in [3.8, 4) is 0 Å². The predicted molar refractivity (Wildman–Crippen MR) is 107 cm³/mol. The molecule has 0 unspecified atom stereocenters. The molecular weight excluding hydrogens is 339 g/mol. The van der Waals surface area contributed by atoms with Crippen LogP contribution in [0.25, 0.3) is 0 Å². The third kappa shape index (κ3) is 5.39. The van der Waals surface area contributed by atoms with Crippen molar-refractivity contribution in [1.82, 2.24) is 10.2 Å². The van der Waals surface area contributed by atoms with Crippen LogP contribution in [0.15, 0.2) is 48.5 Å². The number of hydrogen-bond acceptors (Lipinski definition) is 2. The number of benzene rings is 2. The Kier molecular flexibility index (Phi) is 6.62. The highest BCUT2D eigenvalue weighted by molar-refractivity contribution is 5.79. The van der Waals surface area contributed by atoms with Gasteiger partial charge in [0.25, 0.3) is 0 Å². The van der Waals surface area contributed by atoms with E-state index >= 15 is 0 Å². The van der Waals surface area contributed by atoms with Gasteiger partial charge >= 0.3 is 0 Å². The van der Waals surface area contributed by atoms with Gasteiger partial charge in [0.1, 0.15) is 5.82 Å². The number of rotatable bonds is 6. The molecule has 0 aliphatic carbocycles. The average Bonchev–Trinajstić information content (AvgIpc) is 2.69. The molecule has 144 valence electrons. The molecule has 0 aromatic heterocycles. The van der Waals surface area contributed by atoms with Crippen molar-refractivity contribution < 1.29 is 9.18 Å². The number of halogens is 1. The van der Waals surface area contributed by atoms with Crippen molar-refractivity contribution in [2.75, 3.05) is 13.1 Å². The van der Waals surface area contributed by atoms with E-state index in [1.807, 2.05) is 12.1 Å². The Balaban J connectivity index is 1.58. The van der Waals surface area contributed by atoms with Gasteiger partial charge in [-0.15, -0.1) is 0 Å². The summed E-state index contributed by atoms with van der Waals surface area (Å²) >= 11 is 0. The highest BCUT2D eigenvalue weighted by Gasteiger charge is 2.27. The van der Waals surface area contributed by atoms with Crippen LogP contribution in [0.1, 0.15) is 48.9 Å². The van der Waals surface area contributed by atoms with Crippen LogP contribution in [0.5, 0.6) is 0 Å². The summed E-state index contributed by atoms with van der Waals surface area (Å²) in [5.74, 6) is -0.0544. The zero-order valence-corrected chi connectivity index (χ0v) is 16.2. The van der Waals surface area contributed by atoms with Crippen molar-refractivity contribution in [3.05, 3.63) is 71.0 Å². The lowest BCUT2D eigenvalue weighted by Crippen LogP contribution is -2.43. The standard InChI is InChI=1S/C23H29FN2O/c1-3-22(19-10-6-17(2)7-11-19)25-23(27)20-5-4-14-26(16-20)15-18-8-12-21(24)13-9-18/h6-13,20,22H,3-5,14-16H2,1-2H3,(H,25,27)/t20-,22-/m1/s1. The van der Waals surface area contributed by atoms with E-state index in [4.69, 9.17) is 0 Å². The van der Waals surface area contributed by atoms with Crippen molar-refractivity contribution in [3.63, 3.8) is 0 Å². The van der Waals surface area contributed by atoms with Gasteiger partial charge in [0.05, 0.1) is 12.0 Å². The van der Waals surface area contributed by atoms with Gasteiger partial charge in [0.2, 0.25) is 5.91 Å². The predicted octanol–water partition coefficient (Wildman–Crippen LogP) is 4.61. The van der Waals surface area contributed by atoms with Crippen LogP contribution in [0, 0.1) is 18.7 Å². The smallest absolute Gasteiger partial charge is 0.224 e. The van der Waals surface area contributed by atoms with Crippen LogP contribution in [-0.4, -0.2) is 23.9 Å². The lowest BCUT2D eigenvalue weighted by Gasteiger charge is -2.33. The van der Waals surface area contributed by atoms with Crippen molar-refractivity contribution >= 4 is 5.91 Å². The largest absolute Gasteiger partial charge is 0.349 e. The Bertz CT molecular complexity index is 742. The summed E-state index contributed by atoms with van der Waals surface area (Å²) in [4.78, 5) is 15.2. The molecule has 1 N–H and O–H groups in total.